The molecule has 2 bridgehead atoms. The summed E-state index contributed by atoms with van der Waals surface area (Å²) in [5.74, 6) is 1.49. The number of methoxy groups -OCH3 is 1. The standard InChI is InChI=1S/C44H52FN7O5/c1-10-25-18-32-38(37(45)36(25)31-20-29(56-24-55-9)17-26-13-11-12-14-30(26)31)47-42(50-22-28(23-50)48(5)6)39-41(32)52(34(46-39)15-16-35(53)49(7)8)40-27-19-33(40)51(21-27)43(54)57-44(2,3)4/h10-14,17-18,20,27-28,33,40H,1,15-16,19,21-24H2,2-9H3. The highest BCUT2D eigenvalue weighted by atomic mass is 19.1. The van der Waals surface area contributed by atoms with E-state index in [9.17, 15) is 9.59 Å². The van der Waals surface area contributed by atoms with E-state index in [4.69, 9.17) is 24.2 Å². The van der Waals surface area contributed by atoms with Gasteiger partial charge >= 0.3 is 6.09 Å². The maximum atomic E-state index is 17.9. The van der Waals surface area contributed by atoms with E-state index < -0.39 is 11.4 Å². The highest BCUT2D eigenvalue weighted by molar-refractivity contribution is 6.11. The monoisotopic (exact) mass is 777 g/mol. The van der Waals surface area contributed by atoms with Crippen molar-refractivity contribution in [3.05, 3.63) is 66.2 Å². The molecule has 0 spiro atoms. The fraction of sp³-hybridized carbons (Fsp3) is 0.455. The summed E-state index contributed by atoms with van der Waals surface area (Å²) >= 11 is 0. The van der Waals surface area contributed by atoms with Gasteiger partial charge in [-0.25, -0.2) is 19.2 Å². The number of hydrogen-bond acceptors (Lipinski definition) is 9. The molecule has 300 valence electrons. The molecule has 3 saturated heterocycles. The van der Waals surface area contributed by atoms with E-state index in [-0.39, 0.29) is 48.7 Å². The molecular weight excluding hydrogens is 726 g/mol. The van der Waals surface area contributed by atoms with Crippen molar-refractivity contribution in [3.8, 4) is 16.9 Å². The average Bonchev–Trinajstić information content (AvgIpc) is 3.85. The third-order valence-electron chi connectivity index (χ3n) is 11.7. The number of anilines is 1. The zero-order chi connectivity index (χ0) is 40.5. The summed E-state index contributed by atoms with van der Waals surface area (Å²) in [6.45, 7) is 11.8. The lowest BCUT2D eigenvalue weighted by Crippen LogP contribution is -2.57. The van der Waals surface area contributed by atoms with Gasteiger partial charge in [0, 0.05) is 76.6 Å². The van der Waals surface area contributed by atoms with Crippen LogP contribution in [-0.4, -0.2) is 121 Å². The first-order chi connectivity index (χ1) is 27.2. The number of aryl methyl sites for hydroxylation is 1. The first-order valence-corrected chi connectivity index (χ1v) is 19.6. The highest BCUT2D eigenvalue weighted by Crippen LogP contribution is 2.53. The van der Waals surface area contributed by atoms with Crippen LogP contribution >= 0.6 is 0 Å². The number of nitrogens with zero attached hydrogens (tertiary/aromatic N) is 7. The number of imidazole rings is 1. The van der Waals surface area contributed by atoms with Crippen LogP contribution in [0.5, 0.6) is 5.75 Å². The lowest BCUT2D eigenvalue weighted by Gasteiger charge is -2.43. The van der Waals surface area contributed by atoms with Crippen LogP contribution in [0.3, 0.4) is 0 Å². The smallest absolute Gasteiger partial charge is 0.410 e. The van der Waals surface area contributed by atoms with Gasteiger partial charge in [0.1, 0.15) is 28.2 Å². The molecule has 1 saturated carbocycles. The minimum absolute atomic E-state index is 0.0195. The Bertz CT molecular complexity index is 2410. The largest absolute Gasteiger partial charge is 0.468 e. The van der Waals surface area contributed by atoms with Gasteiger partial charge in [0.05, 0.1) is 17.6 Å². The number of carbonyl (C=O) groups is 2. The minimum atomic E-state index is -0.644. The van der Waals surface area contributed by atoms with Crippen LogP contribution in [0.15, 0.2) is 49.0 Å². The molecule has 12 nitrogen and oxygen atoms in total. The fourth-order valence-corrected chi connectivity index (χ4v) is 8.75. The topological polar surface area (TPSA) is 106 Å². The number of ether oxygens (including phenoxy) is 3. The van der Waals surface area contributed by atoms with Crippen molar-refractivity contribution in [1.29, 1.82) is 0 Å². The third-order valence-corrected chi connectivity index (χ3v) is 11.7. The SMILES string of the molecule is C=Cc1cc2c(nc(N3CC(N(C)C)C3)c3nc(CCC(=O)N(C)C)n(C4C5CC4N(C(=O)OC(C)(C)C)C5)c32)c(F)c1-c1cc(OCOC)cc2ccccc12. The van der Waals surface area contributed by atoms with Crippen molar-refractivity contribution < 1.29 is 28.2 Å². The quantitative estimate of drug-likeness (QED) is 0.130. The maximum Gasteiger partial charge on any atom is 0.410 e. The molecule has 4 aliphatic rings. The molecule has 13 heteroatoms. The normalized spacial score (nSPS) is 19.4. The lowest BCUT2D eigenvalue weighted by atomic mass is 9.79. The number of carbonyl (C=O) groups excluding carboxylic acids is 2. The van der Waals surface area contributed by atoms with Gasteiger partial charge in [0.15, 0.2) is 18.4 Å². The van der Waals surface area contributed by atoms with Crippen LogP contribution in [0.2, 0.25) is 0 Å². The van der Waals surface area contributed by atoms with Gasteiger partial charge < -0.3 is 38.4 Å². The van der Waals surface area contributed by atoms with Crippen molar-refractivity contribution in [1.82, 2.24) is 29.2 Å². The minimum Gasteiger partial charge on any atom is -0.468 e. The van der Waals surface area contributed by atoms with E-state index in [0.717, 1.165) is 22.7 Å². The molecule has 1 aliphatic carbocycles. The van der Waals surface area contributed by atoms with E-state index in [1.807, 2.05) is 68.1 Å². The summed E-state index contributed by atoms with van der Waals surface area (Å²) in [7, 11) is 9.16. The second-order valence-corrected chi connectivity index (χ2v) is 17.0. The van der Waals surface area contributed by atoms with E-state index in [1.54, 1.807) is 32.2 Å². The van der Waals surface area contributed by atoms with Crippen LogP contribution in [-0.2, 0) is 20.7 Å². The molecular formula is C44H52FN7O5. The summed E-state index contributed by atoms with van der Waals surface area (Å²) in [6, 6.07) is 13.6. The predicted octanol–water partition coefficient (Wildman–Crippen LogP) is 7.12. The van der Waals surface area contributed by atoms with Crippen LogP contribution in [0.1, 0.15) is 51.0 Å². The molecule has 0 radical (unpaired) electrons. The second-order valence-electron chi connectivity index (χ2n) is 17.0. The Balaban J connectivity index is 1.38. The number of pyridine rings is 1. The van der Waals surface area contributed by atoms with E-state index in [2.05, 4.69) is 35.0 Å². The molecule has 5 heterocycles. The molecule has 2 amide bonds. The van der Waals surface area contributed by atoms with Crippen molar-refractivity contribution in [3.63, 3.8) is 0 Å². The van der Waals surface area contributed by atoms with Crippen LogP contribution in [0.25, 0.3) is 49.9 Å². The van der Waals surface area contributed by atoms with Crippen LogP contribution < -0.4 is 9.64 Å². The number of aromatic nitrogens is 3. The number of amides is 2. The molecule has 3 aromatic carbocycles. The Labute approximate surface area is 332 Å². The predicted molar refractivity (Wildman–Crippen MR) is 221 cm³/mol. The Hall–Kier alpha value is -5.27. The van der Waals surface area contributed by atoms with Gasteiger partial charge in [-0.2, -0.15) is 0 Å². The molecule has 4 fully saturated rings. The summed E-state index contributed by atoms with van der Waals surface area (Å²) < 4.78 is 37.1. The van der Waals surface area contributed by atoms with E-state index >= 15 is 4.39 Å². The molecule has 5 aromatic rings. The van der Waals surface area contributed by atoms with E-state index in [0.29, 0.717) is 77.1 Å². The average molecular weight is 778 g/mol. The number of fused-ring (bicyclic) bond motifs is 5. The van der Waals surface area contributed by atoms with Gasteiger partial charge in [0.2, 0.25) is 5.91 Å². The number of hydrogen-bond donors (Lipinski definition) is 0. The summed E-state index contributed by atoms with van der Waals surface area (Å²) in [6.07, 6.45) is 2.76. The van der Waals surface area contributed by atoms with Crippen molar-refractivity contribution in [2.75, 3.05) is 66.6 Å². The summed E-state index contributed by atoms with van der Waals surface area (Å²) in [4.78, 5) is 44.8. The lowest BCUT2D eigenvalue weighted by molar-refractivity contribution is -0.128. The zero-order valence-corrected chi connectivity index (χ0v) is 34.1. The molecule has 9 rings (SSSR count). The maximum absolute atomic E-state index is 17.9. The zero-order valence-electron chi connectivity index (χ0n) is 34.1. The van der Waals surface area contributed by atoms with Gasteiger partial charge in [-0.05, 0) is 81.4 Å². The Morgan fingerprint density at radius 3 is 2.46 bits per heavy atom. The van der Waals surface area contributed by atoms with Gasteiger partial charge in [-0.3, -0.25) is 4.79 Å². The van der Waals surface area contributed by atoms with Crippen LogP contribution in [0.4, 0.5) is 15.0 Å². The van der Waals surface area contributed by atoms with Gasteiger partial charge in [-0.1, -0.05) is 36.9 Å². The van der Waals surface area contributed by atoms with Crippen LogP contribution in [0, 0.1) is 11.7 Å². The number of halogens is 1. The van der Waals surface area contributed by atoms with Crippen molar-refractivity contribution in [2.24, 2.45) is 5.92 Å². The summed E-state index contributed by atoms with van der Waals surface area (Å²) in [5, 5.41) is 2.34. The molecule has 57 heavy (non-hydrogen) atoms. The number of benzene rings is 3. The number of rotatable bonds is 11. The summed E-state index contributed by atoms with van der Waals surface area (Å²) in [5.41, 5.74) is 2.58. The first kappa shape index (κ1) is 38.6. The first-order valence-electron chi connectivity index (χ1n) is 19.6. The molecule has 0 N–H and O–H groups in total. The molecule has 2 aromatic heterocycles. The molecule has 3 aliphatic heterocycles. The molecule has 3 unspecified atom stereocenters. The third kappa shape index (κ3) is 6.74. The van der Waals surface area contributed by atoms with Crippen molar-refractivity contribution in [2.45, 2.75) is 63.8 Å². The van der Waals surface area contributed by atoms with Gasteiger partial charge in [0.25, 0.3) is 0 Å². The Morgan fingerprint density at radius 1 is 1.02 bits per heavy atom. The second kappa shape index (κ2) is 14.6. The van der Waals surface area contributed by atoms with E-state index in [1.165, 1.54) is 0 Å². The molecule has 3 atom stereocenters. The number of likely N-dealkylation sites (N-methyl/N-ethyl adjacent to an activating group) is 1. The fourth-order valence-electron chi connectivity index (χ4n) is 8.75. The Morgan fingerprint density at radius 2 is 1.77 bits per heavy atom. The Kier molecular flexibility index (Phi) is 9.88. The van der Waals surface area contributed by atoms with Crippen molar-refractivity contribution >= 4 is 56.6 Å². The van der Waals surface area contributed by atoms with Gasteiger partial charge in [-0.15, -0.1) is 0 Å². The highest BCUT2D eigenvalue weighted by Gasteiger charge is 2.56.